The Morgan fingerprint density at radius 2 is 1.80 bits per heavy atom. The Kier molecular flexibility index (Phi) is 6.00. The van der Waals surface area contributed by atoms with E-state index in [0.29, 0.717) is 11.1 Å². The van der Waals surface area contributed by atoms with Gasteiger partial charge >= 0.3 is 0 Å². The van der Waals surface area contributed by atoms with Crippen molar-refractivity contribution in [2.24, 2.45) is 0 Å². The molecular formula is C18H17N3O4. The van der Waals surface area contributed by atoms with Crippen LogP contribution >= 0.6 is 0 Å². The number of nitrogens with zero attached hydrogens (tertiary/aromatic N) is 1. The Bertz CT molecular complexity index is 813. The van der Waals surface area contributed by atoms with Crippen molar-refractivity contribution in [3.05, 3.63) is 81.4 Å². The zero-order chi connectivity index (χ0) is 18.2. The standard InChI is InChI=1S/C18H17N3O4/c1-19-18(23)15-8-6-13(7-9-15)12-20-17(22)11-10-14-4-2-3-5-16(14)21(24)25/h2-11H,12H2,1H3,(H,19,23)(H,20,22)/b11-10+. The fourth-order valence-electron chi connectivity index (χ4n) is 2.13. The van der Waals surface area contributed by atoms with Gasteiger partial charge in [0.05, 0.1) is 10.5 Å². The molecule has 0 fully saturated rings. The van der Waals surface area contributed by atoms with E-state index in [1.807, 2.05) is 0 Å². The van der Waals surface area contributed by atoms with Gasteiger partial charge in [0.15, 0.2) is 0 Å². The molecule has 2 N–H and O–H groups in total. The molecule has 0 bridgehead atoms. The van der Waals surface area contributed by atoms with E-state index in [1.54, 1.807) is 49.5 Å². The maximum Gasteiger partial charge on any atom is 0.276 e. The van der Waals surface area contributed by atoms with E-state index in [9.17, 15) is 19.7 Å². The molecular weight excluding hydrogens is 322 g/mol. The lowest BCUT2D eigenvalue weighted by atomic mass is 10.1. The minimum Gasteiger partial charge on any atom is -0.355 e. The molecule has 0 atom stereocenters. The maximum atomic E-state index is 11.9. The lowest BCUT2D eigenvalue weighted by Crippen LogP contribution is -2.20. The second-order valence-corrected chi connectivity index (χ2v) is 5.14. The largest absolute Gasteiger partial charge is 0.355 e. The van der Waals surface area contributed by atoms with Crippen LogP contribution in [0.4, 0.5) is 5.69 Å². The van der Waals surface area contributed by atoms with Crippen LogP contribution in [0.25, 0.3) is 6.08 Å². The van der Waals surface area contributed by atoms with Crippen molar-refractivity contribution in [3.8, 4) is 0 Å². The third-order valence-corrected chi connectivity index (χ3v) is 3.46. The second-order valence-electron chi connectivity index (χ2n) is 5.14. The number of amides is 2. The summed E-state index contributed by atoms with van der Waals surface area (Å²) in [4.78, 5) is 33.7. The van der Waals surface area contributed by atoms with Gasteiger partial charge in [0.2, 0.25) is 5.91 Å². The van der Waals surface area contributed by atoms with E-state index in [-0.39, 0.29) is 24.0 Å². The number of rotatable bonds is 6. The summed E-state index contributed by atoms with van der Waals surface area (Å²) in [7, 11) is 1.56. The topological polar surface area (TPSA) is 101 Å². The summed E-state index contributed by atoms with van der Waals surface area (Å²) in [6.45, 7) is 0.286. The van der Waals surface area contributed by atoms with Crippen LogP contribution in [0.5, 0.6) is 0 Å². The van der Waals surface area contributed by atoms with Gasteiger partial charge in [-0.15, -0.1) is 0 Å². The van der Waals surface area contributed by atoms with E-state index in [4.69, 9.17) is 0 Å². The molecule has 0 aliphatic rings. The van der Waals surface area contributed by atoms with Crippen LogP contribution in [-0.2, 0) is 11.3 Å². The summed E-state index contributed by atoms with van der Waals surface area (Å²) >= 11 is 0. The minimum absolute atomic E-state index is 0.0589. The zero-order valence-electron chi connectivity index (χ0n) is 13.6. The number of carbonyl (C=O) groups excluding carboxylic acids is 2. The molecule has 0 spiro atoms. The molecule has 0 radical (unpaired) electrons. The first-order valence-corrected chi connectivity index (χ1v) is 7.51. The molecule has 7 nitrogen and oxygen atoms in total. The molecule has 0 heterocycles. The maximum absolute atomic E-state index is 11.9. The van der Waals surface area contributed by atoms with Crippen LogP contribution in [0.1, 0.15) is 21.5 Å². The van der Waals surface area contributed by atoms with Crippen LogP contribution in [0, 0.1) is 10.1 Å². The van der Waals surface area contributed by atoms with Gasteiger partial charge in [-0.1, -0.05) is 24.3 Å². The van der Waals surface area contributed by atoms with Gasteiger partial charge in [-0.05, 0) is 29.8 Å². The Morgan fingerprint density at radius 3 is 2.44 bits per heavy atom. The lowest BCUT2D eigenvalue weighted by molar-refractivity contribution is -0.385. The molecule has 0 saturated carbocycles. The van der Waals surface area contributed by atoms with Crippen molar-refractivity contribution in [3.63, 3.8) is 0 Å². The number of hydrogen-bond donors (Lipinski definition) is 2. The van der Waals surface area contributed by atoms with Crippen LogP contribution in [-0.4, -0.2) is 23.8 Å². The highest BCUT2D eigenvalue weighted by atomic mass is 16.6. The molecule has 25 heavy (non-hydrogen) atoms. The first-order valence-electron chi connectivity index (χ1n) is 7.51. The third-order valence-electron chi connectivity index (χ3n) is 3.46. The van der Waals surface area contributed by atoms with E-state index < -0.39 is 4.92 Å². The number of nitro groups is 1. The third kappa shape index (κ3) is 5.00. The number of para-hydroxylation sites is 1. The fraction of sp³-hybridized carbons (Fsp3) is 0.111. The summed E-state index contributed by atoms with van der Waals surface area (Å²) < 4.78 is 0. The van der Waals surface area contributed by atoms with E-state index in [1.165, 1.54) is 18.2 Å². The van der Waals surface area contributed by atoms with Crippen molar-refractivity contribution in [1.29, 1.82) is 0 Å². The molecule has 2 aromatic carbocycles. The zero-order valence-corrected chi connectivity index (χ0v) is 13.6. The van der Waals surface area contributed by atoms with Gasteiger partial charge in [0, 0.05) is 31.3 Å². The molecule has 0 saturated heterocycles. The monoisotopic (exact) mass is 339 g/mol. The molecule has 0 aliphatic carbocycles. The van der Waals surface area contributed by atoms with Crippen molar-refractivity contribution < 1.29 is 14.5 Å². The minimum atomic E-state index is -0.494. The highest BCUT2D eigenvalue weighted by Crippen LogP contribution is 2.18. The molecule has 0 aliphatic heterocycles. The predicted octanol–water partition coefficient (Wildman–Crippen LogP) is 2.28. The molecule has 0 unspecified atom stereocenters. The summed E-state index contributed by atoms with van der Waals surface area (Å²) in [6.07, 6.45) is 2.66. The van der Waals surface area contributed by atoms with Crippen LogP contribution in [0.2, 0.25) is 0 Å². The summed E-state index contributed by atoms with van der Waals surface area (Å²) in [5, 5.41) is 16.1. The fourth-order valence-corrected chi connectivity index (χ4v) is 2.13. The summed E-state index contributed by atoms with van der Waals surface area (Å²) in [5.74, 6) is -0.545. The van der Waals surface area contributed by atoms with Crippen molar-refractivity contribution in [1.82, 2.24) is 10.6 Å². The second kappa shape index (κ2) is 8.39. The Hall–Kier alpha value is -3.48. The van der Waals surface area contributed by atoms with E-state index >= 15 is 0 Å². The number of nitrogens with one attached hydrogen (secondary N) is 2. The average molecular weight is 339 g/mol. The van der Waals surface area contributed by atoms with Crippen molar-refractivity contribution in [2.45, 2.75) is 6.54 Å². The Labute approximate surface area is 144 Å². The highest BCUT2D eigenvalue weighted by Gasteiger charge is 2.09. The molecule has 128 valence electrons. The highest BCUT2D eigenvalue weighted by molar-refractivity contribution is 5.94. The first-order chi connectivity index (χ1) is 12.0. The summed E-state index contributed by atoms with van der Waals surface area (Å²) in [6, 6.07) is 13.0. The first kappa shape index (κ1) is 17.9. The normalized spacial score (nSPS) is 10.4. The number of nitro benzene ring substituents is 1. The van der Waals surface area contributed by atoms with Gasteiger partial charge < -0.3 is 10.6 Å². The molecule has 2 amide bonds. The quantitative estimate of drug-likeness (QED) is 0.479. The van der Waals surface area contributed by atoms with E-state index in [0.717, 1.165) is 5.56 Å². The Balaban J connectivity index is 1.95. The Morgan fingerprint density at radius 1 is 1.12 bits per heavy atom. The van der Waals surface area contributed by atoms with E-state index in [2.05, 4.69) is 10.6 Å². The number of carbonyl (C=O) groups is 2. The van der Waals surface area contributed by atoms with Crippen molar-refractivity contribution in [2.75, 3.05) is 7.05 Å². The van der Waals surface area contributed by atoms with Crippen LogP contribution in [0.3, 0.4) is 0 Å². The smallest absolute Gasteiger partial charge is 0.276 e. The van der Waals surface area contributed by atoms with Crippen LogP contribution in [0.15, 0.2) is 54.6 Å². The molecule has 2 rings (SSSR count). The van der Waals surface area contributed by atoms with Gasteiger partial charge in [-0.3, -0.25) is 19.7 Å². The summed E-state index contributed by atoms with van der Waals surface area (Å²) in [5.41, 5.74) is 1.67. The number of hydrogen-bond acceptors (Lipinski definition) is 4. The lowest BCUT2D eigenvalue weighted by Gasteiger charge is -2.04. The van der Waals surface area contributed by atoms with Crippen molar-refractivity contribution >= 4 is 23.6 Å². The van der Waals surface area contributed by atoms with Gasteiger partial charge in [-0.2, -0.15) is 0 Å². The molecule has 7 heteroatoms. The average Bonchev–Trinajstić information content (AvgIpc) is 2.64. The number of benzene rings is 2. The SMILES string of the molecule is CNC(=O)c1ccc(CNC(=O)/C=C/c2ccccc2[N+](=O)[O-])cc1. The van der Waals surface area contributed by atoms with Gasteiger partial charge in [-0.25, -0.2) is 0 Å². The van der Waals surface area contributed by atoms with Crippen LogP contribution < -0.4 is 10.6 Å². The van der Waals surface area contributed by atoms with Gasteiger partial charge in [0.25, 0.3) is 11.6 Å². The predicted molar refractivity (Wildman–Crippen MR) is 93.8 cm³/mol. The molecule has 0 aromatic heterocycles. The van der Waals surface area contributed by atoms with Gasteiger partial charge in [0.1, 0.15) is 0 Å². The molecule has 2 aromatic rings.